The van der Waals surface area contributed by atoms with Crippen LogP contribution in [0.4, 0.5) is 0 Å². The van der Waals surface area contributed by atoms with Crippen molar-refractivity contribution in [2.24, 2.45) is 11.0 Å². The molecule has 3 heterocycles. The van der Waals surface area contributed by atoms with E-state index >= 15 is 0 Å². The Morgan fingerprint density at radius 2 is 2.00 bits per heavy atom. The normalized spacial score (nSPS) is 22.3. The lowest BCUT2D eigenvalue weighted by molar-refractivity contribution is -0.156. The maximum Gasteiger partial charge on any atom is 0.231 e. The van der Waals surface area contributed by atoms with Gasteiger partial charge in [-0.15, -0.1) is 0 Å². The summed E-state index contributed by atoms with van der Waals surface area (Å²) in [7, 11) is 0. The number of benzene rings is 1. The van der Waals surface area contributed by atoms with Gasteiger partial charge >= 0.3 is 0 Å². The molecule has 216 valence electrons. The average molecular weight is 549 g/mol. The number of amidine groups is 1. The molecule has 1 saturated heterocycles. The molecule has 1 saturated carbocycles. The van der Waals surface area contributed by atoms with Crippen molar-refractivity contribution >= 4 is 17.6 Å². The van der Waals surface area contributed by atoms with Crippen LogP contribution in [0, 0.1) is 12.8 Å². The Labute approximate surface area is 237 Å². The van der Waals surface area contributed by atoms with Gasteiger partial charge in [0.15, 0.2) is 6.29 Å². The number of hydrogen-bond acceptors (Lipinski definition) is 7. The molecule has 3 unspecified atom stereocenters. The molecule has 1 aliphatic carbocycles. The lowest BCUT2D eigenvalue weighted by atomic mass is 9.80. The van der Waals surface area contributed by atoms with Crippen LogP contribution in [0.1, 0.15) is 75.7 Å². The van der Waals surface area contributed by atoms with Gasteiger partial charge in [0, 0.05) is 44.6 Å². The summed E-state index contributed by atoms with van der Waals surface area (Å²) in [6.45, 7) is 9.28. The summed E-state index contributed by atoms with van der Waals surface area (Å²) in [5.41, 5.74) is 5.56. The first-order chi connectivity index (χ1) is 19.4. The summed E-state index contributed by atoms with van der Waals surface area (Å²) in [5, 5.41) is 7.75. The summed E-state index contributed by atoms with van der Waals surface area (Å²) in [6.07, 6.45) is 7.34. The van der Waals surface area contributed by atoms with E-state index in [2.05, 4.69) is 70.7 Å². The van der Waals surface area contributed by atoms with Crippen molar-refractivity contribution in [1.29, 1.82) is 0 Å². The number of amides is 2. The first-order valence-corrected chi connectivity index (χ1v) is 14.9. The van der Waals surface area contributed by atoms with Gasteiger partial charge in [-0.05, 0) is 57.7 Å². The summed E-state index contributed by atoms with van der Waals surface area (Å²) < 4.78 is 5.50. The Morgan fingerprint density at radius 3 is 2.75 bits per heavy atom. The van der Waals surface area contributed by atoms with Gasteiger partial charge in [0.1, 0.15) is 11.6 Å². The second-order valence-electron chi connectivity index (χ2n) is 11.7. The number of hydrazone groups is 1. The third kappa shape index (κ3) is 6.52. The largest absolute Gasteiger partial charge is 0.468 e. The molecule has 2 fully saturated rings. The van der Waals surface area contributed by atoms with E-state index in [0.29, 0.717) is 32.0 Å². The lowest BCUT2D eigenvalue weighted by Gasteiger charge is -2.50. The Morgan fingerprint density at radius 1 is 1.20 bits per heavy atom. The summed E-state index contributed by atoms with van der Waals surface area (Å²) >= 11 is 0. The fraction of sp³-hybridized carbons (Fsp3) is 0.581. The molecule has 9 nitrogen and oxygen atoms in total. The molecule has 0 radical (unpaired) electrons. The molecule has 9 heteroatoms. The first-order valence-electron chi connectivity index (χ1n) is 14.9. The number of carbonyl (C=O) groups excluding carboxylic acids is 2. The highest BCUT2D eigenvalue weighted by molar-refractivity contribution is 5.91. The predicted molar refractivity (Wildman–Crippen MR) is 155 cm³/mol. The summed E-state index contributed by atoms with van der Waals surface area (Å²) in [4.78, 5) is 33.0. The van der Waals surface area contributed by atoms with Crippen LogP contribution in [-0.4, -0.2) is 63.8 Å². The van der Waals surface area contributed by atoms with Gasteiger partial charge in [-0.2, -0.15) is 5.10 Å². The fourth-order valence-corrected chi connectivity index (χ4v) is 6.24. The van der Waals surface area contributed by atoms with E-state index < -0.39 is 0 Å². The zero-order valence-corrected chi connectivity index (χ0v) is 24.1. The molecule has 2 aromatic rings. The molecular weight excluding hydrogens is 504 g/mol. The zero-order valence-electron chi connectivity index (χ0n) is 24.1. The van der Waals surface area contributed by atoms with E-state index in [4.69, 9.17) is 4.42 Å². The van der Waals surface area contributed by atoms with Crippen LogP contribution >= 0.6 is 0 Å². The number of rotatable bonds is 12. The number of nitrogens with one attached hydrogen (secondary N) is 2. The molecule has 2 amide bonds. The topological polar surface area (TPSA) is 93.4 Å². The van der Waals surface area contributed by atoms with Crippen molar-refractivity contribution in [3.8, 4) is 0 Å². The SMILES string of the molecule is Cc1ccc(CN2C(=O)C3CCCCC3N3C(CCC(=O)NCCCN(Cc4ccco4)C(C)C)=NNC23)cc1. The molecule has 1 aromatic carbocycles. The quantitative estimate of drug-likeness (QED) is 0.387. The monoisotopic (exact) mass is 548 g/mol. The van der Waals surface area contributed by atoms with Crippen LogP contribution in [0.15, 0.2) is 52.2 Å². The van der Waals surface area contributed by atoms with Crippen molar-refractivity contribution < 1.29 is 14.0 Å². The molecule has 1 aromatic heterocycles. The summed E-state index contributed by atoms with van der Waals surface area (Å²) in [6, 6.07) is 12.8. The molecule has 2 N–H and O–H groups in total. The standard InChI is InChI=1S/C31H44N6O3/c1-22(2)35(21-25-8-6-19-40-25)18-7-17-32-29(38)16-15-28-33-34-31-36(20-24-13-11-23(3)12-14-24)30(39)26-9-4-5-10-27(26)37(28)31/h6,8,11-14,19,22,26-27,31,34H,4-5,7,9-10,15-18,20-21H2,1-3H3,(H,32,38). The Kier molecular flexibility index (Phi) is 9.09. The van der Waals surface area contributed by atoms with Gasteiger partial charge in [0.25, 0.3) is 0 Å². The van der Waals surface area contributed by atoms with E-state index in [1.165, 1.54) is 5.56 Å². The smallest absolute Gasteiger partial charge is 0.231 e. The molecule has 3 aliphatic rings. The molecule has 0 spiro atoms. The summed E-state index contributed by atoms with van der Waals surface area (Å²) in [5.74, 6) is 2.09. The van der Waals surface area contributed by atoms with Gasteiger partial charge in [0.2, 0.25) is 11.8 Å². The van der Waals surface area contributed by atoms with E-state index in [-0.39, 0.29) is 30.1 Å². The predicted octanol–water partition coefficient (Wildman–Crippen LogP) is 4.19. The minimum absolute atomic E-state index is 0.0144. The van der Waals surface area contributed by atoms with Crippen molar-refractivity contribution in [2.45, 2.75) is 97.2 Å². The molecular formula is C31H44N6O3. The number of fused-ring (bicyclic) bond motifs is 3. The van der Waals surface area contributed by atoms with Crippen LogP contribution in [0.2, 0.25) is 0 Å². The van der Waals surface area contributed by atoms with Crippen LogP contribution in [-0.2, 0) is 22.7 Å². The van der Waals surface area contributed by atoms with Crippen molar-refractivity contribution in [3.63, 3.8) is 0 Å². The number of nitrogens with zero attached hydrogens (tertiary/aromatic N) is 4. The fourth-order valence-electron chi connectivity index (χ4n) is 6.24. The number of furan rings is 1. The highest BCUT2D eigenvalue weighted by Gasteiger charge is 2.50. The van der Waals surface area contributed by atoms with Crippen LogP contribution in [0.5, 0.6) is 0 Å². The van der Waals surface area contributed by atoms with Crippen LogP contribution in [0.3, 0.4) is 0 Å². The van der Waals surface area contributed by atoms with Gasteiger partial charge in [-0.25, -0.2) is 0 Å². The highest BCUT2D eigenvalue weighted by atomic mass is 16.3. The number of hydrogen-bond donors (Lipinski definition) is 2. The maximum absolute atomic E-state index is 13.6. The molecule has 0 bridgehead atoms. The molecule has 40 heavy (non-hydrogen) atoms. The second kappa shape index (κ2) is 12.9. The van der Waals surface area contributed by atoms with Gasteiger partial charge in [0.05, 0.1) is 18.7 Å². The van der Waals surface area contributed by atoms with Gasteiger partial charge in [-0.3, -0.25) is 24.8 Å². The Hall–Kier alpha value is -3.33. The average Bonchev–Trinajstić information content (AvgIpc) is 3.63. The van der Waals surface area contributed by atoms with Crippen molar-refractivity contribution in [2.75, 3.05) is 13.1 Å². The van der Waals surface area contributed by atoms with E-state index in [0.717, 1.165) is 62.4 Å². The lowest BCUT2D eigenvalue weighted by Crippen LogP contribution is -2.67. The Bertz CT molecular complexity index is 1160. The van der Waals surface area contributed by atoms with E-state index in [1.807, 2.05) is 17.0 Å². The molecule has 5 rings (SSSR count). The third-order valence-electron chi connectivity index (χ3n) is 8.52. The minimum atomic E-state index is -0.289. The minimum Gasteiger partial charge on any atom is -0.468 e. The Balaban J connectivity index is 1.14. The third-order valence-corrected chi connectivity index (χ3v) is 8.52. The van der Waals surface area contributed by atoms with Crippen molar-refractivity contribution in [3.05, 3.63) is 59.5 Å². The van der Waals surface area contributed by atoms with E-state index in [9.17, 15) is 9.59 Å². The number of aryl methyl sites for hydroxylation is 1. The van der Waals surface area contributed by atoms with Crippen LogP contribution in [0.25, 0.3) is 0 Å². The number of carbonyl (C=O) groups is 2. The van der Waals surface area contributed by atoms with E-state index in [1.54, 1.807) is 6.26 Å². The van der Waals surface area contributed by atoms with Crippen molar-refractivity contribution in [1.82, 2.24) is 25.4 Å². The molecule has 2 aliphatic heterocycles. The zero-order chi connectivity index (χ0) is 28.1. The maximum atomic E-state index is 13.6. The molecule has 3 atom stereocenters. The van der Waals surface area contributed by atoms with Gasteiger partial charge in [-0.1, -0.05) is 42.7 Å². The first kappa shape index (κ1) is 28.2. The second-order valence-corrected chi connectivity index (χ2v) is 11.7. The van der Waals surface area contributed by atoms with Gasteiger partial charge < -0.3 is 14.6 Å². The highest BCUT2D eigenvalue weighted by Crippen LogP contribution is 2.38. The van der Waals surface area contributed by atoms with Crippen LogP contribution < -0.4 is 10.7 Å².